The normalized spacial score (nSPS) is 15.3. The standard InChI is InChI=1S/C23H25N3O2S/c1-16(25(2)14-17-15-29-21-11-6-3-8-18(17)21)23(28)24-19-9-4-5-10-20(19)26-13-7-12-22(26)27/h3-6,8-11,15-16H,7,12-14H2,1-2H3,(H,24,28). The molecule has 1 fully saturated rings. The Hall–Kier alpha value is -2.70. The van der Waals surface area contributed by atoms with E-state index in [1.54, 1.807) is 16.2 Å². The topological polar surface area (TPSA) is 52.7 Å². The highest BCUT2D eigenvalue weighted by atomic mass is 32.1. The Labute approximate surface area is 174 Å². The lowest BCUT2D eigenvalue weighted by Crippen LogP contribution is -2.39. The fourth-order valence-corrected chi connectivity index (χ4v) is 4.67. The number of fused-ring (bicyclic) bond motifs is 1. The van der Waals surface area contributed by atoms with Gasteiger partial charge in [0.05, 0.1) is 17.4 Å². The number of anilines is 2. The van der Waals surface area contributed by atoms with Gasteiger partial charge in [-0.25, -0.2) is 0 Å². The number of benzene rings is 2. The zero-order valence-corrected chi connectivity index (χ0v) is 17.5. The minimum Gasteiger partial charge on any atom is -0.323 e. The van der Waals surface area contributed by atoms with Gasteiger partial charge in [-0.1, -0.05) is 30.3 Å². The van der Waals surface area contributed by atoms with Gasteiger partial charge in [-0.3, -0.25) is 14.5 Å². The zero-order valence-electron chi connectivity index (χ0n) is 16.7. The van der Waals surface area contributed by atoms with Crippen molar-refractivity contribution in [2.75, 3.05) is 23.8 Å². The van der Waals surface area contributed by atoms with Gasteiger partial charge < -0.3 is 10.2 Å². The number of rotatable bonds is 6. The van der Waals surface area contributed by atoms with Crippen LogP contribution in [0.3, 0.4) is 0 Å². The van der Waals surface area contributed by atoms with Crippen LogP contribution in [-0.2, 0) is 16.1 Å². The molecule has 0 bridgehead atoms. The predicted molar refractivity (Wildman–Crippen MR) is 119 cm³/mol. The number of carbonyl (C=O) groups excluding carboxylic acids is 2. The summed E-state index contributed by atoms with van der Waals surface area (Å²) >= 11 is 1.73. The maximum atomic E-state index is 12.9. The number of para-hydroxylation sites is 2. The largest absolute Gasteiger partial charge is 0.323 e. The van der Waals surface area contributed by atoms with Crippen molar-refractivity contribution >= 4 is 44.6 Å². The van der Waals surface area contributed by atoms with Crippen molar-refractivity contribution in [3.05, 3.63) is 59.5 Å². The first-order valence-electron chi connectivity index (χ1n) is 9.90. The second-order valence-corrected chi connectivity index (χ2v) is 8.41. The van der Waals surface area contributed by atoms with E-state index in [0.29, 0.717) is 25.2 Å². The summed E-state index contributed by atoms with van der Waals surface area (Å²) in [5.41, 5.74) is 2.70. The van der Waals surface area contributed by atoms with Gasteiger partial charge in [-0.05, 0) is 54.9 Å². The molecular weight excluding hydrogens is 382 g/mol. The molecule has 0 radical (unpaired) electrons. The quantitative estimate of drug-likeness (QED) is 0.655. The van der Waals surface area contributed by atoms with Gasteiger partial charge in [0.1, 0.15) is 0 Å². The number of nitrogens with zero attached hydrogens (tertiary/aromatic N) is 2. The monoisotopic (exact) mass is 407 g/mol. The van der Waals surface area contributed by atoms with Crippen LogP contribution in [0.15, 0.2) is 53.9 Å². The SMILES string of the molecule is CC(C(=O)Nc1ccccc1N1CCCC1=O)N(C)Cc1csc2ccccc12. The molecule has 2 aromatic carbocycles. The molecule has 2 heterocycles. The maximum Gasteiger partial charge on any atom is 0.241 e. The Bertz CT molecular complexity index is 1050. The van der Waals surface area contributed by atoms with Crippen LogP contribution in [0.2, 0.25) is 0 Å². The van der Waals surface area contributed by atoms with Crippen molar-refractivity contribution in [2.24, 2.45) is 0 Å². The lowest BCUT2D eigenvalue weighted by molar-refractivity contribution is -0.120. The Kier molecular flexibility index (Phi) is 5.65. The first-order valence-corrected chi connectivity index (χ1v) is 10.8. The van der Waals surface area contributed by atoms with Gasteiger partial charge in [-0.2, -0.15) is 0 Å². The minimum atomic E-state index is -0.309. The molecule has 1 atom stereocenters. The van der Waals surface area contributed by atoms with Crippen molar-refractivity contribution in [1.82, 2.24) is 4.90 Å². The lowest BCUT2D eigenvalue weighted by Gasteiger charge is -2.25. The highest BCUT2D eigenvalue weighted by Crippen LogP contribution is 2.30. The van der Waals surface area contributed by atoms with Crippen LogP contribution < -0.4 is 10.2 Å². The summed E-state index contributed by atoms with van der Waals surface area (Å²) in [5, 5.41) is 6.45. The molecule has 1 unspecified atom stereocenters. The molecule has 29 heavy (non-hydrogen) atoms. The highest BCUT2D eigenvalue weighted by molar-refractivity contribution is 7.17. The lowest BCUT2D eigenvalue weighted by atomic mass is 10.1. The van der Waals surface area contributed by atoms with Crippen LogP contribution in [0, 0.1) is 0 Å². The number of hydrogen-bond acceptors (Lipinski definition) is 4. The van der Waals surface area contributed by atoms with Crippen molar-refractivity contribution in [3.8, 4) is 0 Å². The number of carbonyl (C=O) groups is 2. The van der Waals surface area contributed by atoms with Gasteiger partial charge in [-0.15, -0.1) is 11.3 Å². The molecular formula is C23H25N3O2S. The number of amides is 2. The molecule has 1 N–H and O–H groups in total. The second-order valence-electron chi connectivity index (χ2n) is 7.50. The van der Waals surface area contributed by atoms with Gasteiger partial charge in [0.2, 0.25) is 11.8 Å². The summed E-state index contributed by atoms with van der Waals surface area (Å²) in [6.45, 7) is 3.31. The fraction of sp³-hybridized carbons (Fsp3) is 0.304. The summed E-state index contributed by atoms with van der Waals surface area (Å²) in [5.74, 6) is 0.0346. The molecule has 0 aliphatic carbocycles. The van der Waals surface area contributed by atoms with Gasteiger partial charge in [0, 0.05) is 24.2 Å². The minimum absolute atomic E-state index is 0.0777. The molecule has 2 amide bonds. The molecule has 1 aromatic heterocycles. The highest BCUT2D eigenvalue weighted by Gasteiger charge is 2.25. The van der Waals surface area contributed by atoms with Crippen LogP contribution in [0.4, 0.5) is 11.4 Å². The molecule has 4 rings (SSSR count). The third-order valence-corrected chi connectivity index (χ3v) is 6.56. The average molecular weight is 408 g/mol. The molecule has 0 saturated carbocycles. The molecule has 1 saturated heterocycles. The Balaban J connectivity index is 1.46. The van der Waals surface area contributed by atoms with E-state index in [-0.39, 0.29) is 17.9 Å². The molecule has 1 aliphatic heterocycles. The van der Waals surface area contributed by atoms with E-state index in [2.05, 4.69) is 22.8 Å². The second kappa shape index (κ2) is 8.35. The molecule has 150 valence electrons. The zero-order chi connectivity index (χ0) is 20.4. The summed E-state index contributed by atoms with van der Waals surface area (Å²) in [4.78, 5) is 28.9. The van der Waals surface area contributed by atoms with Crippen LogP contribution in [0.5, 0.6) is 0 Å². The molecule has 3 aromatic rings. The average Bonchev–Trinajstić information content (AvgIpc) is 3.34. The number of nitrogens with one attached hydrogen (secondary N) is 1. The molecule has 1 aliphatic rings. The van der Waals surface area contributed by atoms with Gasteiger partial charge in [0.25, 0.3) is 0 Å². The van der Waals surface area contributed by atoms with Crippen molar-refractivity contribution in [1.29, 1.82) is 0 Å². The van der Waals surface area contributed by atoms with E-state index in [4.69, 9.17) is 0 Å². The summed E-state index contributed by atoms with van der Waals surface area (Å²) in [7, 11) is 1.96. The molecule has 0 spiro atoms. The van der Waals surface area contributed by atoms with Crippen LogP contribution >= 0.6 is 11.3 Å². The van der Waals surface area contributed by atoms with E-state index < -0.39 is 0 Å². The van der Waals surface area contributed by atoms with Crippen LogP contribution in [0.1, 0.15) is 25.3 Å². The molecule has 6 heteroatoms. The number of likely N-dealkylation sites (N-methyl/N-ethyl adjacent to an activating group) is 1. The van der Waals surface area contributed by atoms with E-state index in [1.165, 1.54) is 15.6 Å². The van der Waals surface area contributed by atoms with Crippen molar-refractivity contribution in [3.63, 3.8) is 0 Å². The van der Waals surface area contributed by atoms with Crippen LogP contribution in [-0.4, -0.2) is 36.3 Å². The first-order chi connectivity index (χ1) is 14.0. The number of hydrogen-bond donors (Lipinski definition) is 1. The van der Waals surface area contributed by atoms with Crippen LogP contribution in [0.25, 0.3) is 10.1 Å². The van der Waals surface area contributed by atoms with E-state index in [1.807, 2.05) is 55.3 Å². The predicted octanol–water partition coefficient (Wildman–Crippen LogP) is 4.49. The maximum absolute atomic E-state index is 12.9. The third-order valence-electron chi connectivity index (χ3n) is 5.55. The Morgan fingerprint density at radius 2 is 1.97 bits per heavy atom. The van der Waals surface area contributed by atoms with Crippen molar-refractivity contribution < 1.29 is 9.59 Å². The van der Waals surface area contributed by atoms with Gasteiger partial charge in [0.15, 0.2) is 0 Å². The van der Waals surface area contributed by atoms with E-state index >= 15 is 0 Å². The van der Waals surface area contributed by atoms with Gasteiger partial charge >= 0.3 is 0 Å². The fourth-order valence-electron chi connectivity index (χ4n) is 3.72. The number of thiophene rings is 1. The van der Waals surface area contributed by atoms with Crippen molar-refractivity contribution in [2.45, 2.75) is 32.4 Å². The third kappa shape index (κ3) is 4.04. The van der Waals surface area contributed by atoms with E-state index in [0.717, 1.165) is 12.1 Å². The summed E-state index contributed by atoms with van der Waals surface area (Å²) in [6, 6.07) is 15.6. The Morgan fingerprint density at radius 1 is 1.21 bits per heavy atom. The molecule has 5 nitrogen and oxygen atoms in total. The smallest absolute Gasteiger partial charge is 0.241 e. The Morgan fingerprint density at radius 3 is 2.76 bits per heavy atom. The summed E-state index contributed by atoms with van der Waals surface area (Å²) < 4.78 is 1.26. The first kappa shape index (κ1) is 19.6. The summed E-state index contributed by atoms with van der Waals surface area (Å²) in [6.07, 6.45) is 1.42. The van der Waals surface area contributed by atoms with E-state index in [9.17, 15) is 9.59 Å².